The molecule has 0 aliphatic heterocycles. The number of para-hydroxylation sites is 1. The van der Waals surface area contributed by atoms with Crippen molar-refractivity contribution >= 4 is 23.1 Å². The first-order chi connectivity index (χ1) is 14.6. The van der Waals surface area contributed by atoms with Crippen molar-refractivity contribution < 1.29 is 13.9 Å². The van der Waals surface area contributed by atoms with Gasteiger partial charge in [-0.05, 0) is 37.6 Å². The third kappa shape index (κ3) is 4.20. The van der Waals surface area contributed by atoms with E-state index in [1.54, 1.807) is 25.6 Å². The molecular formula is C22H21N3O3S2. The van der Waals surface area contributed by atoms with Crippen LogP contribution in [0.3, 0.4) is 0 Å². The molecule has 30 heavy (non-hydrogen) atoms. The summed E-state index contributed by atoms with van der Waals surface area (Å²) in [5, 5.41) is 11.8. The molecule has 0 fully saturated rings. The molecule has 8 heteroatoms. The van der Waals surface area contributed by atoms with Crippen LogP contribution in [0.1, 0.15) is 16.8 Å². The Morgan fingerprint density at radius 2 is 1.90 bits per heavy atom. The molecule has 4 rings (SSSR count). The lowest BCUT2D eigenvalue weighted by Gasteiger charge is -2.10. The van der Waals surface area contributed by atoms with Gasteiger partial charge in [0.2, 0.25) is 5.89 Å². The Morgan fingerprint density at radius 3 is 2.67 bits per heavy atom. The minimum atomic E-state index is 0.526. The number of thioether (sulfide) groups is 1. The van der Waals surface area contributed by atoms with Gasteiger partial charge >= 0.3 is 0 Å². The lowest BCUT2D eigenvalue weighted by molar-refractivity contribution is 0.356. The van der Waals surface area contributed by atoms with Crippen molar-refractivity contribution in [3.05, 3.63) is 58.6 Å². The molecule has 0 bridgehead atoms. The zero-order valence-electron chi connectivity index (χ0n) is 17.1. The number of rotatable bonds is 7. The van der Waals surface area contributed by atoms with Gasteiger partial charge in [-0.1, -0.05) is 35.5 Å². The predicted molar refractivity (Wildman–Crippen MR) is 119 cm³/mol. The first-order valence-corrected chi connectivity index (χ1v) is 11.1. The molecule has 0 radical (unpaired) electrons. The van der Waals surface area contributed by atoms with Crippen LogP contribution in [0.5, 0.6) is 11.5 Å². The smallest absolute Gasteiger partial charge is 0.277 e. The maximum absolute atomic E-state index is 5.85. The van der Waals surface area contributed by atoms with Crippen LogP contribution in [0.15, 0.2) is 51.4 Å². The predicted octanol–water partition coefficient (Wildman–Crippen LogP) is 5.79. The highest BCUT2D eigenvalue weighted by Crippen LogP contribution is 2.39. The van der Waals surface area contributed by atoms with E-state index in [9.17, 15) is 0 Å². The van der Waals surface area contributed by atoms with Gasteiger partial charge in [0.1, 0.15) is 5.01 Å². The first-order valence-electron chi connectivity index (χ1n) is 9.28. The van der Waals surface area contributed by atoms with Crippen LogP contribution >= 0.6 is 23.1 Å². The van der Waals surface area contributed by atoms with Crippen LogP contribution in [0.4, 0.5) is 0 Å². The summed E-state index contributed by atoms with van der Waals surface area (Å²) in [5.74, 6) is 2.54. The third-order valence-corrected chi connectivity index (χ3v) is 6.32. The molecule has 2 aromatic carbocycles. The summed E-state index contributed by atoms with van der Waals surface area (Å²) in [6, 6.07) is 11.9. The van der Waals surface area contributed by atoms with Crippen molar-refractivity contribution in [2.24, 2.45) is 0 Å². The Morgan fingerprint density at radius 1 is 1.03 bits per heavy atom. The molecule has 0 saturated carbocycles. The van der Waals surface area contributed by atoms with E-state index in [0.717, 1.165) is 27.4 Å². The Bertz CT molecular complexity index is 1170. The van der Waals surface area contributed by atoms with Crippen LogP contribution < -0.4 is 9.47 Å². The van der Waals surface area contributed by atoms with Gasteiger partial charge in [0.05, 0.1) is 25.5 Å². The van der Waals surface area contributed by atoms with Gasteiger partial charge in [0.15, 0.2) is 11.5 Å². The second-order valence-corrected chi connectivity index (χ2v) is 8.45. The standard InChI is InChI=1S/C22H21N3O3S2/c1-13-8-9-16(14(2)10-13)20-24-25-22(28-20)30-12-15-11-29-21(23-15)17-6-5-7-18(26-3)19(17)27-4/h5-11H,12H2,1-4H3. The van der Waals surface area contributed by atoms with Gasteiger partial charge in [0.25, 0.3) is 5.22 Å². The van der Waals surface area contributed by atoms with Crippen molar-refractivity contribution in [2.75, 3.05) is 14.2 Å². The summed E-state index contributed by atoms with van der Waals surface area (Å²) in [4.78, 5) is 4.74. The number of nitrogens with zero attached hydrogens (tertiary/aromatic N) is 3. The molecule has 0 amide bonds. The van der Waals surface area contributed by atoms with Gasteiger partial charge in [-0.15, -0.1) is 21.5 Å². The molecule has 0 aliphatic rings. The molecule has 6 nitrogen and oxygen atoms in total. The summed E-state index contributed by atoms with van der Waals surface area (Å²) < 4.78 is 16.8. The maximum Gasteiger partial charge on any atom is 0.277 e. The molecule has 0 N–H and O–H groups in total. The molecule has 4 aromatic rings. The highest BCUT2D eigenvalue weighted by molar-refractivity contribution is 7.98. The van der Waals surface area contributed by atoms with E-state index < -0.39 is 0 Å². The number of ether oxygens (including phenoxy) is 2. The quantitative estimate of drug-likeness (QED) is 0.338. The average molecular weight is 440 g/mol. The van der Waals surface area contributed by atoms with Crippen molar-refractivity contribution in [1.82, 2.24) is 15.2 Å². The fourth-order valence-electron chi connectivity index (χ4n) is 3.12. The van der Waals surface area contributed by atoms with E-state index in [1.165, 1.54) is 17.3 Å². The molecule has 0 unspecified atom stereocenters. The number of hydrogen-bond donors (Lipinski definition) is 0. The minimum absolute atomic E-state index is 0.526. The number of hydrogen-bond acceptors (Lipinski definition) is 8. The third-order valence-electron chi connectivity index (χ3n) is 4.55. The number of benzene rings is 2. The van der Waals surface area contributed by atoms with Crippen molar-refractivity contribution in [1.29, 1.82) is 0 Å². The van der Waals surface area contributed by atoms with Gasteiger partial charge < -0.3 is 13.9 Å². The van der Waals surface area contributed by atoms with E-state index in [2.05, 4.69) is 23.2 Å². The minimum Gasteiger partial charge on any atom is -0.493 e. The molecule has 0 spiro atoms. The van der Waals surface area contributed by atoms with Gasteiger partial charge in [-0.2, -0.15) is 0 Å². The van der Waals surface area contributed by atoms with Crippen molar-refractivity contribution in [2.45, 2.75) is 24.8 Å². The highest BCUT2D eigenvalue weighted by atomic mass is 32.2. The number of aryl methyl sites for hydroxylation is 2. The SMILES string of the molecule is COc1cccc(-c2nc(CSc3nnc(-c4ccc(C)cc4C)o3)cs2)c1OC. The zero-order chi connectivity index (χ0) is 21.1. The lowest BCUT2D eigenvalue weighted by Crippen LogP contribution is -1.93. The molecule has 0 atom stereocenters. The van der Waals surface area contributed by atoms with Crippen molar-refractivity contribution in [3.63, 3.8) is 0 Å². The van der Waals surface area contributed by atoms with Gasteiger partial charge in [-0.3, -0.25) is 0 Å². The molecular weight excluding hydrogens is 418 g/mol. The van der Waals surface area contributed by atoms with E-state index >= 15 is 0 Å². The Hall–Kier alpha value is -2.84. The van der Waals surface area contributed by atoms with Gasteiger partial charge in [0, 0.05) is 16.7 Å². The second-order valence-electron chi connectivity index (χ2n) is 6.67. The largest absolute Gasteiger partial charge is 0.493 e. The molecule has 0 aliphatic carbocycles. The normalized spacial score (nSPS) is 10.9. The van der Waals surface area contributed by atoms with Crippen LogP contribution in [-0.2, 0) is 5.75 Å². The maximum atomic E-state index is 5.85. The molecule has 2 heterocycles. The van der Waals surface area contributed by atoms with Crippen LogP contribution in [0.2, 0.25) is 0 Å². The number of aromatic nitrogens is 3. The van der Waals surface area contributed by atoms with E-state index in [1.807, 2.05) is 42.6 Å². The second kappa shape index (κ2) is 8.89. The number of methoxy groups -OCH3 is 2. The summed E-state index contributed by atoms with van der Waals surface area (Å²) in [6.07, 6.45) is 0. The van der Waals surface area contributed by atoms with Crippen LogP contribution in [-0.4, -0.2) is 29.4 Å². The number of thiazole rings is 1. The van der Waals surface area contributed by atoms with Gasteiger partial charge in [-0.25, -0.2) is 4.98 Å². The first kappa shape index (κ1) is 20.4. The fraction of sp³-hybridized carbons (Fsp3) is 0.227. The van der Waals surface area contributed by atoms with Crippen LogP contribution in [0.25, 0.3) is 22.0 Å². The molecule has 154 valence electrons. The summed E-state index contributed by atoms with van der Waals surface area (Å²) in [6.45, 7) is 4.11. The van der Waals surface area contributed by atoms with E-state index in [4.69, 9.17) is 18.9 Å². The summed E-state index contributed by atoms with van der Waals surface area (Å²) in [7, 11) is 3.26. The Balaban J connectivity index is 1.48. The van der Waals surface area contributed by atoms with Crippen molar-refractivity contribution in [3.8, 4) is 33.5 Å². The van der Waals surface area contributed by atoms with E-state index in [0.29, 0.717) is 28.4 Å². The van der Waals surface area contributed by atoms with Crippen LogP contribution in [0, 0.1) is 13.8 Å². The average Bonchev–Trinajstić information content (AvgIpc) is 3.41. The Kier molecular flexibility index (Phi) is 6.06. The fourth-order valence-corrected chi connectivity index (χ4v) is 4.72. The van der Waals surface area contributed by atoms with E-state index in [-0.39, 0.29) is 0 Å². The molecule has 0 saturated heterocycles. The summed E-state index contributed by atoms with van der Waals surface area (Å²) in [5.41, 5.74) is 5.13. The Labute approximate surface area is 183 Å². The monoisotopic (exact) mass is 439 g/mol. The zero-order valence-corrected chi connectivity index (χ0v) is 18.8. The lowest BCUT2D eigenvalue weighted by atomic mass is 10.1. The summed E-state index contributed by atoms with van der Waals surface area (Å²) >= 11 is 3.04. The topological polar surface area (TPSA) is 70.3 Å². The molecule has 2 aromatic heterocycles. The highest BCUT2D eigenvalue weighted by Gasteiger charge is 2.16.